The lowest BCUT2D eigenvalue weighted by Gasteiger charge is -2.40. The number of likely N-dealkylation sites (tertiary alicyclic amines) is 1. The predicted molar refractivity (Wildman–Crippen MR) is 71.1 cm³/mol. The molecule has 0 saturated carbocycles. The maximum atomic E-state index is 5.99. The van der Waals surface area contributed by atoms with E-state index in [2.05, 4.69) is 24.8 Å². The zero-order chi connectivity index (χ0) is 11.7. The molecule has 1 aromatic rings. The number of nitrogens with zero attached hydrogens (tertiary/aromatic N) is 1. The Kier molecular flexibility index (Phi) is 3.90. The van der Waals surface area contributed by atoms with Crippen LogP contribution in [0.15, 0.2) is 12.1 Å². The molecule has 2 heterocycles. The van der Waals surface area contributed by atoms with Crippen LogP contribution >= 0.6 is 22.9 Å². The van der Waals surface area contributed by atoms with Gasteiger partial charge in [-0.3, -0.25) is 4.90 Å². The number of piperidine rings is 1. The van der Waals surface area contributed by atoms with Crippen LogP contribution in [-0.4, -0.2) is 23.5 Å². The summed E-state index contributed by atoms with van der Waals surface area (Å²) in [6.07, 6.45) is 2.21. The summed E-state index contributed by atoms with van der Waals surface area (Å²) in [6, 6.07) is 5.53. The van der Waals surface area contributed by atoms with Gasteiger partial charge in [0.05, 0.1) is 4.34 Å². The van der Waals surface area contributed by atoms with E-state index >= 15 is 0 Å². The summed E-state index contributed by atoms with van der Waals surface area (Å²) in [5, 5.41) is 0. The Bertz CT molecular complexity index is 353. The van der Waals surface area contributed by atoms with Crippen LogP contribution in [0.25, 0.3) is 0 Å². The van der Waals surface area contributed by atoms with Crippen LogP contribution in [0.5, 0.6) is 0 Å². The van der Waals surface area contributed by atoms with Crippen LogP contribution in [0.1, 0.15) is 37.6 Å². The minimum atomic E-state index is 0.380. The molecule has 0 aliphatic carbocycles. The molecule has 1 aliphatic rings. The molecule has 1 aliphatic heterocycles. The normalized spacial score (nSPS) is 29.2. The van der Waals surface area contributed by atoms with Crippen LogP contribution in [0.3, 0.4) is 0 Å². The van der Waals surface area contributed by atoms with E-state index in [1.165, 1.54) is 4.88 Å². The van der Waals surface area contributed by atoms with Crippen LogP contribution in [0.4, 0.5) is 0 Å². The Balaban J connectivity index is 2.07. The molecular formula is C12H19ClN2S. The molecule has 0 spiro atoms. The lowest BCUT2D eigenvalue weighted by atomic mass is 9.97. The third-order valence-electron chi connectivity index (χ3n) is 3.47. The summed E-state index contributed by atoms with van der Waals surface area (Å²) in [5.74, 6) is 0. The summed E-state index contributed by atoms with van der Waals surface area (Å²) >= 11 is 7.67. The fourth-order valence-electron chi connectivity index (χ4n) is 2.52. The maximum Gasteiger partial charge on any atom is 0.0931 e. The number of hydrogen-bond acceptors (Lipinski definition) is 3. The van der Waals surface area contributed by atoms with Crippen LogP contribution < -0.4 is 5.73 Å². The molecule has 4 heteroatoms. The lowest BCUT2D eigenvalue weighted by Crippen LogP contribution is -2.46. The number of hydrogen-bond donors (Lipinski definition) is 1. The van der Waals surface area contributed by atoms with E-state index in [0.717, 1.165) is 23.7 Å². The average Bonchev–Trinajstić information content (AvgIpc) is 2.64. The molecule has 2 rings (SSSR count). The van der Waals surface area contributed by atoms with Crippen molar-refractivity contribution in [1.82, 2.24) is 4.90 Å². The Labute approximate surface area is 106 Å². The van der Waals surface area contributed by atoms with Crippen LogP contribution in [0.2, 0.25) is 4.34 Å². The SMILES string of the molecule is CC1CC(N)CCN1C(C)c1ccc(Cl)s1. The Morgan fingerprint density at radius 1 is 1.56 bits per heavy atom. The van der Waals surface area contributed by atoms with Crippen LogP contribution in [0, 0.1) is 0 Å². The summed E-state index contributed by atoms with van der Waals surface area (Å²) in [5.41, 5.74) is 5.99. The standard InChI is InChI=1S/C12H19ClN2S/c1-8-7-10(14)5-6-15(8)9(2)11-3-4-12(13)16-11/h3-4,8-10H,5-7,14H2,1-2H3. The zero-order valence-corrected chi connectivity index (χ0v) is 11.4. The first-order valence-electron chi connectivity index (χ1n) is 5.84. The molecule has 1 aromatic heterocycles. The van der Waals surface area contributed by atoms with Gasteiger partial charge >= 0.3 is 0 Å². The van der Waals surface area contributed by atoms with Crippen molar-refractivity contribution in [3.63, 3.8) is 0 Å². The first-order valence-corrected chi connectivity index (χ1v) is 7.04. The molecule has 0 aromatic carbocycles. The quantitative estimate of drug-likeness (QED) is 0.882. The van der Waals surface area contributed by atoms with E-state index < -0.39 is 0 Å². The van der Waals surface area contributed by atoms with E-state index in [4.69, 9.17) is 17.3 Å². The van der Waals surface area contributed by atoms with Crippen molar-refractivity contribution in [1.29, 1.82) is 0 Å². The fraction of sp³-hybridized carbons (Fsp3) is 0.667. The largest absolute Gasteiger partial charge is 0.328 e. The zero-order valence-electron chi connectivity index (χ0n) is 9.82. The summed E-state index contributed by atoms with van der Waals surface area (Å²) in [4.78, 5) is 3.89. The van der Waals surface area contributed by atoms with Gasteiger partial charge in [0, 0.05) is 29.5 Å². The lowest BCUT2D eigenvalue weighted by molar-refractivity contribution is 0.106. The van der Waals surface area contributed by atoms with Gasteiger partial charge in [-0.05, 0) is 38.8 Å². The van der Waals surface area contributed by atoms with Gasteiger partial charge in [0.15, 0.2) is 0 Å². The Morgan fingerprint density at radius 2 is 2.31 bits per heavy atom. The second kappa shape index (κ2) is 5.05. The number of halogens is 1. The third-order valence-corrected chi connectivity index (χ3v) is 4.87. The summed E-state index contributed by atoms with van der Waals surface area (Å²) in [7, 11) is 0. The van der Waals surface area contributed by atoms with Gasteiger partial charge in [-0.2, -0.15) is 0 Å². The Hall–Kier alpha value is -0.0900. The summed E-state index contributed by atoms with van der Waals surface area (Å²) in [6.45, 7) is 5.62. The maximum absolute atomic E-state index is 5.99. The highest BCUT2D eigenvalue weighted by Gasteiger charge is 2.28. The first-order chi connectivity index (χ1) is 7.58. The molecule has 0 bridgehead atoms. The molecule has 2 N–H and O–H groups in total. The van der Waals surface area contributed by atoms with Gasteiger partial charge < -0.3 is 5.73 Å². The monoisotopic (exact) mass is 258 g/mol. The molecule has 16 heavy (non-hydrogen) atoms. The molecule has 90 valence electrons. The van der Waals surface area contributed by atoms with Crippen molar-refractivity contribution < 1.29 is 0 Å². The minimum absolute atomic E-state index is 0.380. The third kappa shape index (κ3) is 2.59. The van der Waals surface area contributed by atoms with Crippen molar-refractivity contribution in [2.24, 2.45) is 5.73 Å². The van der Waals surface area contributed by atoms with E-state index in [1.807, 2.05) is 6.07 Å². The van der Waals surface area contributed by atoms with Crippen molar-refractivity contribution in [2.45, 2.75) is 44.8 Å². The van der Waals surface area contributed by atoms with Crippen molar-refractivity contribution in [3.8, 4) is 0 Å². The minimum Gasteiger partial charge on any atom is -0.328 e. The molecule has 0 radical (unpaired) electrons. The van der Waals surface area contributed by atoms with E-state index in [-0.39, 0.29) is 0 Å². The van der Waals surface area contributed by atoms with Crippen molar-refractivity contribution >= 4 is 22.9 Å². The van der Waals surface area contributed by atoms with Crippen molar-refractivity contribution in [3.05, 3.63) is 21.3 Å². The molecule has 2 nitrogen and oxygen atoms in total. The predicted octanol–water partition coefficient (Wildman–Crippen LogP) is 3.27. The molecule has 1 fully saturated rings. The van der Waals surface area contributed by atoms with Gasteiger partial charge in [0.25, 0.3) is 0 Å². The molecule has 3 unspecified atom stereocenters. The Morgan fingerprint density at radius 3 is 2.88 bits per heavy atom. The van der Waals surface area contributed by atoms with E-state index in [0.29, 0.717) is 18.1 Å². The summed E-state index contributed by atoms with van der Waals surface area (Å²) < 4.78 is 0.878. The number of nitrogens with two attached hydrogens (primary N) is 1. The van der Waals surface area contributed by atoms with Crippen LogP contribution in [-0.2, 0) is 0 Å². The first kappa shape index (κ1) is 12.4. The topological polar surface area (TPSA) is 29.3 Å². The highest BCUT2D eigenvalue weighted by molar-refractivity contribution is 7.16. The molecule has 1 saturated heterocycles. The smallest absolute Gasteiger partial charge is 0.0931 e. The second-order valence-corrected chi connectivity index (χ2v) is 6.44. The average molecular weight is 259 g/mol. The highest BCUT2D eigenvalue weighted by Crippen LogP contribution is 2.33. The molecule has 3 atom stereocenters. The van der Waals surface area contributed by atoms with E-state index in [9.17, 15) is 0 Å². The van der Waals surface area contributed by atoms with Gasteiger partial charge in [0.1, 0.15) is 0 Å². The molecular weight excluding hydrogens is 240 g/mol. The molecule has 0 amide bonds. The fourth-order valence-corrected chi connectivity index (χ4v) is 3.65. The van der Waals surface area contributed by atoms with Gasteiger partial charge in [-0.1, -0.05) is 11.6 Å². The van der Waals surface area contributed by atoms with E-state index in [1.54, 1.807) is 11.3 Å². The number of rotatable bonds is 2. The van der Waals surface area contributed by atoms with Crippen molar-refractivity contribution in [2.75, 3.05) is 6.54 Å². The highest BCUT2D eigenvalue weighted by atomic mass is 35.5. The van der Waals surface area contributed by atoms with Gasteiger partial charge in [-0.25, -0.2) is 0 Å². The number of thiophene rings is 1. The second-order valence-electron chi connectivity index (χ2n) is 4.69. The van der Waals surface area contributed by atoms with Gasteiger partial charge in [-0.15, -0.1) is 11.3 Å². The van der Waals surface area contributed by atoms with Gasteiger partial charge in [0.2, 0.25) is 0 Å².